The van der Waals surface area contributed by atoms with E-state index < -0.39 is 0 Å². The van der Waals surface area contributed by atoms with Crippen molar-refractivity contribution in [2.24, 2.45) is 5.92 Å². The second kappa shape index (κ2) is 13.3. The van der Waals surface area contributed by atoms with Crippen LogP contribution in [0.4, 0.5) is 0 Å². The lowest BCUT2D eigenvalue weighted by Crippen LogP contribution is -2.71. The summed E-state index contributed by atoms with van der Waals surface area (Å²) in [5, 5.41) is 7.92. The SMILES string of the molecule is CCCCc1ccc2c(c1)-c1cccc[n+]1C(C)(CC)C2(CC)C(C)C1c2ccc(-c3ccccc3)cc2-c2cc3c4ccccc4c4ccccc4c3c[n+]21. The van der Waals surface area contributed by atoms with E-state index in [0.29, 0.717) is 0 Å². The largest absolute Gasteiger partial charge is 0.214 e. The topological polar surface area (TPSA) is 7.76 Å². The van der Waals surface area contributed by atoms with Crippen LogP contribution in [-0.2, 0) is 17.4 Å². The second-order valence-electron chi connectivity index (χ2n) is 16.8. The molecule has 4 unspecified atom stereocenters. The number of hydrogen-bond acceptors (Lipinski definition) is 0. The monoisotopic (exact) mass is 728 g/mol. The highest BCUT2D eigenvalue weighted by molar-refractivity contribution is 6.25. The van der Waals surface area contributed by atoms with E-state index in [0.717, 1.165) is 19.3 Å². The van der Waals surface area contributed by atoms with E-state index in [-0.39, 0.29) is 22.9 Å². The summed E-state index contributed by atoms with van der Waals surface area (Å²) in [6, 6.07) is 53.3. The number of pyridine rings is 2. The molecule has 0 saturated heterocycles. The fourth-order valence-corrected chi connectivity index (χ4v) is 11.6. The van der Waals surface area contributed by atoms with E-state index >= 15 is 0 Å². The molecule has 0 amide bonds. The van der Waals surface area contributed by atoms with Crippen LogP contribution in [0.3, 0.4) is 0 Å². The maximum Gasteiger partial charge on any atom is 0.214 e. The van der Waals surface area contributed by atoms with Crippen LogP contribution in [0.2, 0.25) is 0 Å². The van der Waals surface area contributed by atoms with Crippen molar-refractivity contribution in [2.75, 3.05) is 0 Å². The van der Waals surface area contributed by atoms with Crippen LogP contribution >= 0.6 is 0 Å². The van der Waals surface area contributed by atoms with Crippen molar-refractivity contribution in [3.63, 3.8) is 0 Å². The minimum absolute atomic E-state index is 0.128. The van der Waals surface area contributed by atoms with Crippen LogP contribution in [0.15, 0.2) is 152 Å². The molecule has 10 rings (SSSR count). The Hall–Kier alpha value is -5.60. The molecule has 2 aliphatic heterocycles. The van der Waals surface area contributed by atoms with Gasteiger partial charge in [-0.25, -0.2) is 0 Å². The molecular weight excluding hydrogens is 677 g/mol. The van der Waals surface area contributed by atoms with Crippen molar-refractivity contribution in [1.82, 2.24) is 0 Å². The number of aryl methyl sites for hydroxylation is 1. The van der Waals surface area contributed by atoms with Gasteiger partial charge in [0.15, 0.2) is 24.0 Å². The van der Waals surface area contributed by atoms with E-state index in [9.17, 15) is 0 Å². The molecule has 2 aliphatic rings. The highest BCUT2D eigenvalue weighted by Crippen LogP contribution is 2.58. The summed E-state index contributed by atoms with van der Waals surface area (Å²) in [5.41, 5.74) is 12.0. The summed E-state index contributed by atoms with van der Waals surface area (Å²) in [6.45, 7) is 12.3. The van der Waals surface area contributed by atoms with E-state index in [2.05, 4.69) is 196 Å². The molecule has 8 aromatic rings. The van der Waals surface area contributed by atoms with Gasteiger partial charge >= 0.3 is 0 Å². The van der Waals surface area contributed by atoms with Crippen molar-refractivity contribution in [3.8, 4) is 33.6 Å². The van der Waals surface area contributed by atoms with Gasteiger partial charge in [-0.2, -0.15) is 9.13 Å². The Balaban J connectivity index is 1.27. The van der Waals surface area contributed by atoms with Crippen molar-refractivity contribution in [3.05, 3.63) is 169 Å². The van der Waals surface area contributed by atoms with E-state index in [1.807, 2.05) is 0 Å². The zero-order valence-electron chi connectivity index (χ0n) is 33.5. The fraction of sp³-hybridized carbons (Fsp3) is 0.259. The molecule has 0 radical (unpaired) electrons. The second-order valence-corrected chi connectivity index (χ2v) is 16.8. The molecule has 2 heteroatoms. The van der Waals surface area contributed by atoms with Crippen molar-refractivity contribution >= 4 is 32.3 Å². The quantitative estimate of drug-likeness (QED) is 0.109. The number of unbranched alkanes of at least 4 members (excludes halogenated alkanes) is 1. The summed E-state index contributed by atoms with van der Waals surface area (Å²) >= 11 is 0. The normalized spacial score (nSPS) is 20.1. The van der Waals surface area contributed by atoms with Crippen molar-refractivity contribution in [1.29, 1.82) is 0 Å². The molecule has 276 valence electrons. The molecule has 2 nitrogen and oxygen atoms in total. The molecule has 0 bridgehead atoms. The molecule has 2 aromatic heterocycles. The minimum atomic E-state index is -0.172. The van der Waals surface area contributed by atoms with Crippen LogP contribution in [0.25, 0.3) is 66.0 Å². The highest BCUT2D eigenvalue weighted by atomic mass is 15.1. The Morgan fingerprint density at radius 2 is 1.27 bits per heavy atom. The maximum absolute atomic E-state index is 2.70. The molecule has 56 heavy (non-hydrogen) atoms. The summed E-state index contributed by atoms with van der Waals surface area (Å²) in [5.74, 6) is 0.246. The Labute approximate surface area is 332 Å². The van der Waals surface area contributed by atoms with Crippen LogP contribution in [-0.4, -0.2) is 0 Å². The average molecular weight is 729 g/mol. The van der Waals surface area contributed by atoms with Gasteiger partial charge in [-0.05, 0) is 81.3 Å². The predicted molar refractivity (Wildman–Crippen MR) is 234 cm³/mol. The van der Waals surface area contributed by atoms with Crippen LogP contribution < -0.4 is 9.13 Å². The third-order valence-corrected chi connectivity index (χ3v) is 14.4. The molecular formula is C54H52N2+2. The lowest BCUT2D eigenvalue weighted by molar-refractivity contribution is -0.772. The first-order valence-electron chi connectivity index (χ1n) is 21.1. The summed E-state index contributed by atoms with van der Waals surface area (Å²) in [7, 11) is 0. The summed E-state index contributed by atoms with van der Waals surface area (Å²) < 4.78 is 5.36. The van der Waals surface area contributed by atoms with Gasteiger partial charge in [0.25, 0.3) is 0 Å². The van der Waals surface area contributed by atoms with Crippen molar-refractivity contribution in [2.45, 2.75) is 83.7 Å². The van der Waals surface area contributed by atoms with Gasteiger partial charge in [-0.15, -0.1) is 0 Å². The van der Waals surface area contributed by atoms with E-state index in [4.69, 9.17) is 0 Å². The lowest BCUT2D eigenvalue weighted by Gasteiger charge is -2.52. The van der Waals surface area contributed by atoms with Gasteiger partial charge in [0.05, 0.1) is 21.9 Å². The number of benzene rings is 6. The highest BCUT2D eigenvalue weighted by Gasteiger charge is 2.65. The Bertz CT molecular complexity index is 2820. The number of rotatable bonds is 8. The van der Waals surface area contributed by atoms with Crippen molar-refractivity contribution < 1.29 is 9.13 Å². The van der Waals surface area contributed by atoms with Gasteiger partial charge < -0.3 is 0 Å². The number of hydrogen-bond donors (Lipinski definition) is 0. The molecule has 4 atom stereocenters. The van der Waals surface area contributed by atoms with E-state index in [1.165, 1.54) is 95.5 Å². The zero-order valence-corrected chi connectivity index (χ0v) is 33.5. The molecule has 0 aliphatic carbocycles. The number of nitrogens with zero attached hydrogens (tertiary/aromatic N) is 2. The number of aromatic nitrogens is 2. The first kappa shape index (κ1) is 34.9. The van der Waals surface area contributed by atoms with Crippen LogP contribution in [0, 0.1) is 5.92 Å². The third kappa shape index (κ3) is 4.81. The Morgan fingerprint density at radius 1 is 0.589 bits per heavy atom. The lowest BCUT2D eigenvalue weighted by atomic mass is 9.52. The molecule has 6 aromatic carbocycles. The third-order valence-electron chi connectivity index (χ3n) is 14.4. The Kier molecular flexibility index (Phi) is 8.26. The summed E-state index contributed by atoms with van der Waals surface area (Å²) in [4.78, 5) is 0. The molecule has 0 saturated carbocycles. The maximum atomic E-state index is 2.70. The predicted octanol–water partition coefficient (Wildman–Crippen LogP) is 13.1. The molecule has 0 spiro atoms. The van der Waals surface area contributed by atoms with Gasteiger partial charge in [-0.3, -0.25) is 0 Å². The van der Waals surface area contributed by atoms with Crippen LogP contribution in [0.5, 0.6) is 0 Å². The molecule has 0 fully saturated rings. The first-order valence-corrected chi connectivity index (χ1v) is 21.1. The van der Waals surface area contributed by atoms with E-state index in [1.54, 1.807) is 0 Å². The zero-order chi connectivity index (χ0) is 38.2. The molecule has 4 heterocycles. The standard InChI is InChI=1S/C54H52N2/c1-6-9-19-37-27-30-49-47(32-37)50-26-17-18-31-56(50)53(5,7-2)54(49,8-3)36(4)52-44-29-28-39(38-20-11-10-12-21-38)33-46(44)51-34-45-42-24-15-13-22-40(42)41-23-14-16-25-43(41)48(45)35-55(51)52/h10-18,20-36,52H,6-9,19H2,1-5H3/q+2. The fourth-order valence-electron chi connectivity index (χ4n) is 11.6. The summed E-state index contributed by atoms with van der Waals surface area (Å²) in [6.07, 6.45) is 10.5. The smallest absolute Gasteiger partial charge is 0.192 e. The van der Waals surface area contributed by atoms with Gasteiger partial charge in [0, 0.05) is 48.4 Å². The van der Waals surface area contributed by atoms with Gasteiger partial charge in [0.2, 0.25) is 11.4 Å². The van der Waals surface area contributed by atoms with Gasteiger partial charge in [0.1, 0.15) is 0 Å². The molecule has 0 N–H and O–H groups in total. The Morgan fingerprint density at radius 3 is 1.96 bits per heavy atom. The minimum Gasteiger partial charge on any atom is -0.192 e. The number of fused-ring (bicyclic) bond motifs is 12. The van der Waals surface area contributed by atoms with Crippen LogP contribution in [0.1, 0.15) is 83.0 Å². The first-order chi connectivity index (χ1) is 27.4. The average Bonchev–Trinajstić information content (AvgIpc) is 3.58. The van der Waals surface area contributed by atoms with Gasteiger partial charge in [-0.1, -0.05) is 137 Å².